The number of primary amides is 1. The molecule has 1 aromatic rings. The van der Waals surface area contributed by atoms with Crippen LogP contribution in [0.25, 0.3) is 0 Å². The number of carboxylic acids is 1. The average molecular weight is 287 g/mol. The zero-order valence-corrected chi connectivity index (χ0v) is 10.0. The van der Waals surface area contributed by atoms with Crippen molar-refractivity contribution in [3.63, 3.8) is 0 Å². The molecule has 0 heterocycles. The molecule has 0 aromatic heterocycles. The number of aliphatic carboxylic acids is 1. The molecule has 0 saturated carbocycles. The van der Waals surface area contributed by atoms with E-state index in [4.69, 9.17) is 16.6 Å². The fourth-order valence-corrected chi connectivity index (χ4v) is 1.34. The van der Waals surface area contributed by atoms with Crippen LogP contribution in [-0.4, -0.2) is 28.9 Å². The highest BCUT2D eigenvalue weighted by Gasteiger charge is 2.20. The van der Waals surface area contributed by atoms with Crippen LogP contribution in [-0.2, 0) is 9.59 Å². The standard InChI is InChI=1S/C11H11F2N3O4/c12-5-2-6(13)8(1-4(5)10(15)19)16-11(20)7(14)3-9(17)18/h1-2,7H,3,14H2,(H2,15,19)(H,16,20)(H,17,18). The summed E-state index contributed by atoms with van der Waals surface area (Å²) < 4.78 is 26.6. The van der Waals surface area contributed by atoms with Crippen molar-refractivity contribution in [2.24, 2.45) is 11.5 Å². The third-order valence-electron chi connectivity index (χ3n) is 2.31. The molecule has 1 atom stereocenters. The summed E-state index contributed by atoms with van der Waals surface area (Å²) in [5.74, 6) is -5.78. The zero-order chi connectivity index (χ0) is 15.4. The molecule has 0 radical (unpaired) electrons. The second kappa shape index (κ2) is 6.06. The molecule has 0 bridgehead atoms. The maximum atomic E-state index is 13.4. The van der Waals surface area contributed by atoms with Gasteiger partial charge < -0.3 is 21.9 Å². The van der Waals surface area contributed by atoms with E-state index in [1.165, 1.54) is 0 Å². The van der Waals surface area contributed by atoms with Crippen molar-refractivity contribution in [2.45, 2.75) is 12.5 Å². The topological polar surface area (TPSA) is 136 Å². The maximum absolute atomic E-state index is 13.4. The number of carbonyl (C=O) groups is 3. The van der Waals surface area contributed by atoms with Gasteiger partial charge in [0.1, 0.15) is 11.6 Å². The smallest absolute Gasteiger partial charge is 0.305 e. The largest absolute Gasteiger partial charge is 0.481 e. The van der Waals surface area contributed by atoms with Crippen molar-refractivity contribution < 1.29 is 28.3 Å². The molecular formula is C11H11F2N3O4. The minimum Gasteiger partial charge on any atom is -0.481 e. The molecule has 2 amide bonds. The summed E-state index contributed by atoms with van der Waals surface area (Å²) in [6.45, 7) is 0. The van der Waals surface area contributed by atoms with E-state index in [1.807, 2.05) is 5.32 Å². The fourth-order valence-electron chi connectivity index (χ4n) is 1.34. The van der Waals surface area contributed by atoms with Gasteiger partial charge in [-0.15, -0.1) is 0 Å². The summed E-state index contributed by atoms with van der Waals surface area (Å²) in [5.41, 5.74) is 9.00. The molecule has 0 spiro atoms. The number of rotatable bonds is 5. The summed E-state index contributed by atoms with van der Waals surface area (Å²) in [7, 11) is 0. The average Bonchev–Trinajstić information content (AvgIpc) is 2.30. The highest BCUT2D eigenvalue weighted by atomic mass is 19.1. The number of hydrogen-bond donors (Lipinski definition) is 4. The van der Waals surface area contributed by atoms with E-state index in [0.717, 1.165) is 0 Å². The molecule has 1 unspecified atom stereocenters. The summed E-state index contributed by atoms with van der Waals surface area (Å²) in [5, 5.41) is 10.4. The molecule has 0 saturated heterocycles. The predicted molar refractivity (Wildman–Crippen MR) is 63.7 cm³/mol. The van der Waals surface area contributed by atoms with Gasteiger partial charge in [0.05, 0.1) is 23.7 Å². The van der Waals surface area contributed by atoms with Crippen LogP contribution in [0.15, 0.2) is 12.1 Å². The van der Waals surface area contributed by atoms with E-state index in [1.54, 1.807) is 0 Å². The Morgan fingerprint density at radius 3 is 2.35 bits per heavy atom. The van der Waals surface area contributed by atoms with Crippen LogP contribution in [0.4, 0.5) is 14.5 Å². The number of carboxylic acid groups (broad SMARTS) is 1. The van der Waals surface area contributed by atoms with E-state index < -0.39 is 53.1 Å². The first kappa shape index (κ1) is 15.5. The Balaban J connectivity index is 2.97. The molecule has 0 aliphatic heterocycles. The van der Waals surface area contributed by atoms with Crippen LogP contribution in [0.5, 0.6) is 0 Å². The Morgan fingerprint density at radius 1 is 1.25 bits per heavy atom. The van der Waals surface area contributed by atoms with Gasteiger partial charge >= 0.3 is 5.97 Å². The Hall–Kier alpha value is -2.55. The first-order valence-electron chi connectivity index (χ1n) is 5.29. The number of amides is 2. The second-order valence-electron chi connectivity index (χ2n) is 3.87. The SMILES string of the molecule is NC(=O)c1cc(NC(=O)C(N)CC(=O)O)c(F)cc1F. The number of carbonyl (C=O) groups excluding carboxylic acids is 2. The molecule has 108 valence electrons. The lowest BCUT2D eigenvalue weighted by molar-refractivity contribution is -0.138. The summed E-state index contributed by atoms with van der Waals surface area (Å²) in [6, 6.07) is -0.342. The minimum atomic E-state index is -1.42. The first-order chi connectivity index (χ1) is 9.22. The van der Waals surface area contributed by atoms with E-state index in [9.17, 15) is 23.2 Å². The van der Waals surface area contributed by atoms with E-state index >= 15 is 0 Å². The summed E-state index contributed by atoms with van der Waals surface area (Å²) >= 11 is 0. The molecule has 7 nitrogen and oxygen atoms in total. The van der Waals surface area contributed by atoms with Crippen molar-refractivity contribution in [1.29, 1.82) is 0 Å². The molecule has 0 aliphatic carbocycles. The van der Waals surface area contributed by atoms with Crippen molar-refractivity contribution in [1.82, 2.24) is 0 Å². The lowest BCUT2D eigenvalue weighted by atomic mass is 10.1. The van der Waals surface area contributed by atoms with Crippen LogP contribution in [0, 0.1) is 11.6 Å². The van der Waals surface area contributed by atoms with Gasteiger partial charge in [-0.2, -0.15) is 0 Å². The second-order valence-corrected chi connectivity index (χ2v) is 3.87. The van der Waals surface area contributed by atoms with Crippen molar-refractivity contribution in [3.8, 4) is 0 Å². The van der Waals surface area contributed by atoms with E-state index in [2.05, 4.69) is 0 Å². The highest BCUT2D eigenvalue weighted by Crippen LogP contribution is 2.19. The Bertz CT molecular complexity index is 577. The summed E-state index contributed by atoms with van der Waals surface area (Å²) in [4.78, 5) is 32.8. The molecule has 9 heteroatoms. The van der Waals surface area contributed by atoms with Gasteiger partial charge in [-0.3, -0.25) is 14.4 Å². The van der Waals surface area contributed by atoms with E-state index in [-0.39, 0.29) is 0 Å². The first-order valence-corrected chi connectivity index (χ1v) is 5.29. The van der Waals surface area contributed by atoms with Crippen LogP contribution in [0.3, 0.4) is 0 Å². The minimum absolute atomic E-state index is 0.373. The number of hydrogen-bond acceptors (Lipinski definition) is 4. The van der Waals surface area contributed by atoms with E-state index in [0.29, 0.717) is 12.1 Å². The van der Waals surface area contributed by atoms with Gasteiger partial charge in [-0.25, -0.2) is 8.78 Å². The summed E-state index contributed by atoms with van der Waals surface area (Å²) in [6.07, 6.45) is -0.669. The van der Waals surface area contributed by atoms with Crippen molar-refractivity contribution in [2.75, 3.05) is 5.32 Å². The lowest BCUT2D eigenvalue weighted by Crippen LogP contribution is -2.37. The molecule has 0 aliphatic rings. The van der Waals surface area contributed by atoms with Crippen LogP contribution in [0.2, 0.25) is 0 Å². The van der Waals surface area contributed by atoms with Gasteiger partial charge in [-0.1, -0.05) is 0 Å². The third-order valence-corrected chi connectivity index (χ3v) is 2.31. The van der Waals surface area contributed by atoms with Gasteiger partial charge in [0, 0.05) is 6.07 Å². The Morgan fingerprint density at radius 2 is 1.85 bits per heavy atom. The Labute approximate surface area is 111 Å². The van der Waals surface area contributed by atoms with Gasteiger partial charge in [0.2, 0.25) is 5.91 Å². The quantitative estimate of drug-likeness (QED) is 0.595. The van der Waals surface area contributed by atoms with Crippen molar-refractivity contribution >= 4 is 23.5 Å². The number of anilines is 1. The van der Waals surface area contributed by atoms with Crippen molar-refractivity contribution in [3.05, 3.63) is 29.3 Å². The number of halogens is 2. The van der Waals surface area contributed by atoms with Crippen LogP contribution < -0.4 is 16.8 Å². The van der Waals surface area contributed by atoms with Gasteiger partial charge in [0.15, 0.2) is 0 Å². The normalized spacial score (nSPS) is 11.8. The van der Waals surface area contributed by atoms with Crippen LogP contribution >= 0.6 is 0 Å². The molecule has 1 rings (SSSR count). The molecule has 1 aromatic carbocycles. The predicted octanol–water partition coefficient (Wildman–Crippen LogP) is -0.196. The fraction of sp³-hybridized carbons (Fsp3) is 0.182. The maximum Gasteiger partial charge on any atom is 0.305 e. The Kier molecular flexibility index (Phi) is 4.70. The number of nitrogens with two attached hydrogens (primary N) is 2. The molecule has 20 heavy (non-hydrogen) atoms. The van der Waals surface area contributed by atoms with Crippen LogP contribution in [0.1, 0.15) is 16.8 Å². The molecule has 0 fully saturated rings. The number of nitrogens with one attached hydrogen (secondary N) is 1. The van der Waals surface area contributed by atoms with Gasteiger partial charge in [0.25, 0.3) is 5.91 Å². The highest BCUT2D eigenvalue weighted by molar-refractivity contribution is 5.99. The zero-order valence-electron chi connectivity index (χ0n) is 10.0. The lowest BCUT2D eigenvalue weighted by Gasteiger charge is -2.12. The van der Waals surface area contributed by atoms with Gasteiger partial charge in [-0.05, 0) is 6.07 Å². The molecule has 6 N–H and O–H groups in total. The third kappa shape index (κ3) is 3.72. The molecular weight excluding hydrogens is 276 g/mol. The number of benzene rings is 1. The monoisotopic (exact) mass is 287 g/mol.